The van der Waals surface area contributed by atoms with Crippen LogP contribution in [-0.2, 0) is 14.2 Å². The molecular formula is C19H29N3O5. The van der Waals surface area contributed by atoms with Gasteiger partial charge in [-0.05, 0) is 59.7 Å². The zero-order valence-electron chi connectivity index (χ0n) is 16.8. The maximum Gasteiger partial charge on any atom is 0.424 e. The highest BCUT2D eigenvalue weighted by atomic mass is 16.6. The smallest absolute Gasteiger partial charge is 0.424 e. The van der Waals surface area contributed by atoms with Crippen molar-refractivity contribution in [2.45, 2.75) is 58.8 Å². The van der Waals surface area contributed by atoms with Gasteiger partial charge < -0.3 is 25.3 Å². The summed E-state index contributed by atoms with van der Waals surface area (Å²) in [7, 11) is 0. The van der Waals surface area contributed by atoms with Crippen LogP contribution in [0.5, 0.6) is 0 Å². The number of imide groups is 1. The molecule has 0 atom stereocenters. The van der Waals surface area contributed by atoms with E-state index in [1.165, 1.54) is 0 Å². The number of rotatable bonds is 3. The zero-order valence-corrected chi connectivity index (χ0v) is 16.8. The summed E-state index contributed by atoms with van der Waals surface area (Å²) in [5.74, 6) is 0. The number of nitrogens with zero attached hydrogens (tertiary/aromatic N) is 1. The molecule has 150 valence electrons. The summed E-state index contributed by atoms with van der Waals surface area (Å²) in [6, 6.07) is 4.96. The third-order valence-corrected chi connectivity index (χ3v) is 3.44. The highest BCUT2D eigenvalue weighted by Crippen LogP contribution is 2.29. The summed E-state index contributed by atoms with van der Waals surface area (Å²) in [4.78, 5) is 26.3. The molecule has 0 saturated carbocycles. The molecule has 8 heteroatoms. The number of ether oxygens (including phenoxy) is 3. The maximum absolute atomic E-state index is 12.7. The summed E-state index contributed by atoms with van der Waals surface area (Å²) in [6.45, 7) is 11.5. The molecular weight excluding hydrogens is 350 g/mol. The Labute approximate surface area is 159 Å². The Balaban J connectivity index is 2.35. The van der Waals surface area contributed by atoms with Crippen LogP contribution in [0, 0.1) is 0 Å². The normalized spacial score (nSPS) is 14.9. The largest absolute Gasteiger partial charge is 0.443 e. The minimum absolute atomic E-state index is 0.138. The molecule has 1 fully saturated rings. The van der Waals surface area contributed by atoms with E-state index in [0.717, 1.165) is 4.90 Å². The minimum atomic E-state index is -0.820. The number of anilines is 3. The summed E-state index contributed by atoms with van der Waals surface area (Å²) < 4.78 is 15.9. The summed E-state index contributed by atoms with van der Waals surface area (Å²) in [6.07, 6.45) is -1.64. The SMILES string of the molecule is CC(C)(C)OC(=O)N(C(=O)OC(C)(C)C)c1ccc(N)c(NC2COC2)c1. The molecule has 27 heavy (non-hydrogen) atoms. The number of carbonyl (C=O) groups excluding carboxylic acids is 2. The Kier molecular flexibility index (Phi) is 5.89. The standard InChI is InChI=1S/C19H29N3O5/c1-18(2,3)26-16(23)22(17(24)27-19(4,5)6)13-7-8-14(20)15(9-13)21-12-10-25-11-12/h7-9,12,21H,10-11,20H2,1-6H3. The molecule has 0 aromatic heterocycles. The lowest BCUT2D eigenvalue weighted by Crippen LogP contribution is -2.44. The van der Waals surface area contributed by atoms with Crippen molar-refractivity contribution in [3.63, 3.8) is 0 Å². The second-order valence-corrected chi connectivity index (χ2v) is 8.45. The van der Waals surface area contributed by atoms with E-state index in [4.69, 9.17) is 19.9 Å². The van der Waals surface area contributed by atoms with Crippen LogP contribution < -0.4 is 16.0 Å². The second-order valence-electron chi connectivity index (χ2n) is 8.45. The first-order valence-electron chi connectivity index (χ1n) is 8.85. The molecule has 1 saturated heterocycles. The van der Waals surface area contributed by atoms with E-state index in [0.29, 0.717) is 30.3 Å². The lowest BCUT2D eigenvalue weighted by Gasteiger charge is -2.30. The van der Waals surface area contributed by atoms with Gasteiger partial charge in [-0.3, -0.25) is 0 Å². The molecule has 0 aliphatic carbocycles. The number of nitrogens with two attached hydrogens (primary N) is 1. The predicted octanol–water partition coefficient (Wildman–Crippen LogP) is 3.76. The van der Waals surface area contributed by atoms with Gasteiger partial charge in [0.2, 0.25) is 0 Å². The Morgan fingerprint density at radius 2 is 1.59 bits per heavy atom. The van der Waals surface area contributed by atoms with E-state index < -0.39 is 23.4 Å². The van der Waals surface area contributed by atoms with Gasteiger partial charge >= 0.3 is 12.2 Å². The number of carbonyl (C=O) groups is 2. The third-order valence-electron chi connectivity index (χ3n) is 3.44. The van der Waals surface area contributed by atoms with Crippen molar-refractivity contribution in [1.29, 1.82) is 0 Å². The first-order valence-corrected chi connectivity index (χ1v) is 8.85. The fourth-order valence-electron chi connectivity index (χ4n) is 2.25. The number of nitrogen functional groups attached to an aromatic ring is 1. The van der Waals surface area contributed by atoms with Gasteiger partial charge in [-0.2, -0.15) is 4.90 Å². The van der Waals surface area contributed by atoms with Gasteiger partial charge in [0.25, 0.3) is 0 Å². The molecule has 0 spiro atoms. The molecule has 1 aliphatic heterocycles. The summed E-state index contributed by atoms with van der Waals surface area (Å²) >= 11 is 0. The van der Waals surface area contributed by atoms with Crippen LogP contribution in [0.1, 0.15) is 41.5 Å². The molecule has 3 N–H and O–H groups in total. The minimum Gasteiger partial charge on any atom is -0.443 e. The zero-order chi connectivity index (χ0) is 20.4. The van der Waals surface area contributed by atoms with Crippen molar-refractivity contribution >= 4 is 29.2 Å². The van der Waals surface area contributed by atoms with Crippen molar-refractivity contribution in [3.8, 4) is 0 Å². The topological polar surface area (TPSA) is 103 Å². The molecule has 0 radical (unpaired) electrons. The molecule has 2 amide bonds. The average molecular weight is 379 g/mol. The van der Waals surface area contributed by atoms with Crippen molar-refractivity contribution in [1.82, 2.24) is 0 Å². The van der Waals surface area contributed by atoms with Crippen LogP contribution in [0.4, 0.5) is 26.7 Å². The van der Waals surface area contributed by atoms with Crippen LogP contribution in [0.15, 0.2) is 18.2 Å². The van der Waals surface area contributed by atoms with Gasteiger partial charge in [0, 0.05) is 0 Å². The lowest BCUT2D eigenvalue weighted by atomic mass is 10.2. The molecule has 1 heterocycles. The molecule has 0 bridgehead atoms. The van der Waals surface area contributed by atoms with Crippen LogP contribution in [-0.4, -0.2) is 42.6 Å². The van der Waals surface area contributed by atoms with Crippen LogP contribution in [0.25, 0.3) is 0 Å². The molecule has 8 nitrogen and oxygen atoms in total. The van der Waals surface area contributed by atoms with E-state index in [1.54, 1.807) is 59.7 Å². The quantitative estimate of drug-likeness (QED) is 0.771. The third kappa shape index (κ3) is 6.02. The number of nitrogens with one attached hydrogen (secondary N) is 1. The van der Waals surface area contributed by atoms with E-state index in [2.05, 4.69) is 5.32 Å². The molecule has 1 aromatic rings. The first kappa shape index (κ1) is 20.8. The van der Waals surface area contributed by atoms with Crippen molar-refractivity contribution in [2.24, 2.45) is 0 Å². The van der Waals surface area contributed by atoms with Crippen LogP contribution in [0.2, 0.25) is 0 Å². The van der Waals surface area contributed by atoms with E-state index >= 15 is 0 Å². The number of hydrogen-bond donors (Lipinski definition) is 2. The van der Waals surface area contributed by atoms with E-state index in [-0.39, 0.29) is 6.04 Å². The maximum atomic E-state index is 12.7. The van der Waals surface area contributed by atoms with E-state index in [1.807, 2.05) is 0 Å². The Hall–Kier alpha value is -2.48. The van der Waals surface area contributed by atoms with Crippen molar-refractivity contribution in [2.75, 3.05) is 29.2 Å². The van der Waals surface area contributed by atoms with Gasteiger partial charge in [0.15, 0.2) is 0 Å². The fourth-order valence-corrected chi connectivity index (χ4v) is 2.25. The summed E-state index contributed by atoms with van der Waals surface area (Å²) in [5.41, 5.74) is 5.89. The van der Waals surface area contributed by atoms with Crippen LogP contribution in [0.3, 0.4) is 0 Å². The lowest BCUT2D eigenvalue weighted by molar-refractivity contribution is 0.0211. The number of benzene rings is 1. The first-order chi connectivity index (χ1) is 12.4. The Bertz CT molecular complexity index is 674. The highest BCUT2D eigenvalue weighted by molar-refractivity contribution is 6.10. The van der Waals surface area contributed by atoms with Gasteiger partial charge in [0.05, 0.1) is 36.3 Å². The van der Waals surface area contributed by atoms with Gasteiger partial charge in [-0.15, -0.1) is 0 Å². The van der Waals surface area contributed by atoms with Crippen molar-refractivity contribution in [3.05, 3.63) is 18.2 Å². The highest BCUT2D eigenvalue weighted by Gasteiger charge is 2.33. The van der Waals surface area contributed by atoms with Crippen LogP contribution >= 0.6 is 0 Å². The molecule has 1 aliphatic rings. The summed E-state index contributed by atoms with van der Waals surface area (Å²) in [5, 5.41) is 3.24. The monoisotopic (exact) mass is 379 g/mol. The van der Waals surface area contributed by atoms with Gasteiger partial charge in [-0.1, -0.05) is 0 Å². The number of hydrogen-bond acceptors (Lipinski definition) is 7. The van der Waals surface area contributed by atoms with Gasteiger partial charge in [0.1, 0.15) is 11.2 Å². The predicted molar refractivity (Wildman–Crippen MR) is 104 cm³/mol. The molecule has 0 unspecified atom stereocenters. The molecule has 2 rings (SSSR count). The van der Waals surface area contributed by atoms with Gasteiger partial charge in [-0.25, -0.2) is 9.59 Å². The molecule has 1 aromatic carbocycles. The Morgan fingerprint density at radius 1 is 1.07 bits per heavy atom. The second kappa shape index (κ2) is 7.64. The number of amides is 2. The fraction of sp³-hybridized carbons (Fsp3) is 0.579. The van der Waals surface area contributed by atoms with Crippen molar-refractivity contribution < 1.29 is 23.8 Å². The Morgan fingerprint density at radius 3 is 2.00 bits per heavy atom. The average Bonchev–Trinajstić information content (AvgIpc) is 2.41. The van der Waals surface area contributed by atoms with E-state index in [9.17, 15) is 9.59 Å².